The zero-order valence-electron chi connectivity index (χ0n) is 9.88. The highest BCUT2D eigenvalue weighted by Gasteiger charge is 2.19. The second kappa shape index (κ2) is 5.56. The van der Waals surface area contributed by atoms with Crippen LogP contribution in [-0.4, -0.2) is 6.10 Å². The summed E-state index contributed by atoms with van der Waals surface area (Å²) in [5.74, 6) is -1.63. The van der Waals surface area contributed by atoms with Crippen molar-refractivity contribution in [1.29, 1.82) is 0 Å². The quantitative estimate of drug-likeness (QED) is 0.815. The van der Waals surface area contributed by atoms with E-state index in [1.807, 2.05) is 0 Å². The number of nitrogens with one attached hydrogen (secondary N) is 1. The fraction of sp³-hybridized carbons (Fsp3) is 0.538. The van der Waals surface area contributed by atoms with Crippen LogP contribution in [0.2, 0.25) is 0 Å². The van der Waals surface area contributed by atoms with Gasteiger partial charge >= 0.3 is 0 Å². The zero-order chi connectivity index (χ0) is 12.3. The maximum Gasteiger partial charge on any atom is 0.163 e. The molecule has 0 amide bonds. The molecule has 0 spiro atoms. The minimum Gasteiger partial charge on any atom is -0.298 e. The lowest BCUT2D eigenvalue weighted by atomic mass is 10.1. The van der Waals surface area contributed by atoms with Crippen molar-refractivity contribution in [2.45, 2.75) is 44.8 Å². The molecule has 1 aromatic rings. The number of rotatable bonds is 4. The van der Waals surface area contributed by atoms with Crippen molar-refractivity contribution in [3.8, 4) is 0 Å². The van der Waals surface area contributed by atoms with E-state index in [4.69, 9.17) is 4.84 Å². The Morgan fingerprint density at radius 2 is 2.00 bits per heavy atom. The molecule has 1 N–H and O–H groups in total. The first-order valence-corrected chi connectivity index (χ1v) is 6.03. The molecule has 1 saturated carbocycles. The lowest BCUT2D eigenvalue weighted by Gasteiger charge is -2.18. The second-order valence-corrected chi connectivity index (χ2v) is 4.51. The van der Waals surface area contributed by atoms with Gasteiger partial charge in [-0.25, -0.2) is 8.78 Å². The molecule has 0 aromatic heterocycles. The van der Waals surface area contributed by atoms with Crippen LogP contribution in [0.15, 0.2) is 18.2 Å². The van der Waals surface area contributed by atoms with Crippen molar-refractivity contribution in [3.05, 3.63) is 35.4 Å². The zero-order valence-corrected chi connectivity index (χ0v) is 9.88. The molecule has 1 atom stereocenters. The predicted octanol–water partition coefficient (Wildman–Crippen LogP) is 3.49. The summed E-state index contributed by atoms with van der Waals surface area (Å²) in [6.45, 7) is 1.76. The molecule has 0 radical (unpaired) electrons. The summed E-state index contributed by atoms with van der Waals surface area (Å²) < 4.78 is 26.5. The van der Waals surface area contributed by atoms with E-state index in [9.17, 15) is 8.78 Å². The molecule has 17 heavy (non-hydrogen) atoms. The van der Waals surface area contributed by atoms with Crippen molar-refractivity contribution < 1.29 is 13.6 Å². The van der Waals surface area contributed by atoms with Gasteiger partial charge in [-0.05, 0) is 25.8 Å². The first-order chi connectivity index (χ1) is 8.18. The molecule has 4 heteroatoms. The van der Waals surface area contributed by atoms with Gasteiger partial charge < -0.3 is 0 Å². The lowest BCUT2D eigenvalue weighted by Crippen LogP contribution is -2.25. The summed E-state index contributed by atoms with van der Waals surface area (Å²) in [6.07, 6.45) is 4.62. The molecule has 0 bridgehead atoms. The van der Waals surface area contributed by atoms with Crippen molar-refractivity contribution in [1.82, 2.24) is 5.48 Å². The second-order valence-electron chi connectivity index (χ2n) is 4.51. The molecule has 0 heterocycles. The molecule has 1 unspecified atom stereocenters. The van der Waals surface area contributed by atoms with Crippen LogP contribution in [0, 0.1) is 11.6 Å². The van der Waals surface area contributed by atoms with Crippen LogP contribution in [0.25, 0.3) is 0 Å². The third-order valence-corrected chi connectivity index (χ3v) is 3.16. The van der Waals surface area contributed by atoms with E-state index in [2.05, 4.69) is 5.48 Å². The Balaban J connectivity index is 1.94. The van der Waals surface area contributed by atoms with Gasteiger partial charge in [0.05, 0.1) is 12.1 Å². The van der Waals surface area contributed by atoms with Gasteiger partial charge in [0.2, 0.25) is 0 Å². The maximum atomic E-state index is 13.5. The number of hydrogen-bond donors (Lipinski definition) is 1. The van der Waals surface area contributed by atoms with Gasteiger partial charge in [-0.2, -0.15) is 5.48 Å². The predicted molar refractivity (Wildman–Crippen MR) is 61.2 cm³/mol. The van der Waals surface area contributed by atoms with Gasteiger partial charge in [-0.1, -0.05) is 25.0 Å². The minimum absolute atomic E-state index is 0.203. The van der Waals surface area contributed by atoms with Crippen LogP contribution in [0.1, 0.15) is 44.2 Å². The Labute approximate surface area is 99.9 Å². The van der Waals surface area contributed by atoms with Crippen LogP contribution in [0.4, 0.5) is 8.78 Å². The average Bonchev–Trinajstić information content (AvgIpc) is 2.82. The Hall–Kier alpha value is -1.00. The van der Waals surface area contributed by atoms with Crippen LogP contribution >= 0.6 is 0 Å². The summed E-state index contributed by atoms with van der Waals surface area (Å²) in [7, 11) is 0. The van der Waals surface area contributed by atoms with Crippen LogP contribution in [0.5, 0.6) is 0 Å². The van der Waals surface area contributed by atoms with Crippen molar-refractivity contribution >= 4 is 0 Å². The van der Waals surface area contributed by atoms with Gasteiger partial charge in [0.25, 0.3) is 0 Å². The van der Waals surface area contributed by atoms with E-state index in [1.165, 1.54) is 18.9 Å². The van der Waals surface area contributed by atoms with Gasteiger partial charge in [0.1, 0.15) is 0 Å². The highest BCUT2D eigenvalue weighted by atomic mass is 19.2. The molecule has 2 rings (SSSR count). The van der Waals surface area contributed by atoms with E-state index < -0.39 is 11.6 Å². The van der Waals surface area contributed by atoms with Gasteiger partial charge in [-0.3, -0.25) is 4.84 Å². The normalized spacial score (nSPS) is 18.5. The number of halogens is 2. The first kappa shape index (κ1) is 12.5. The van der Waals surface area contributed by atoms with E-state index in [-0.39, 0.29) is 12.1 Å². The molecule has 2 nitrogen and oxygen atoms in total. The number of hydrogen-bond acceptors (Lipinski definition) is 2. The van der Waals surface area contributed by atoms with Gasteiger partial charge in [-0.15, -0.1) is 0 Å². The highest BCUT2D eigenvalue weighted by molar-refractivity contribution is 5.21. The molecular formula is C13H17F2NO. The molecule has 1 aliphatic rings. The highest BCUT2D eigenvalue weighted by Crippen LogP contribution is 2.23. The molecule has 1 fully saturated rings. The maximum absolute atomic E-state index is 13.5. The minimum atomic E-state index is -0.822. The lowest BCUT2D eigenvalue weighted by molar-refractivity contribution is -0.0382. The van der Waals surface area contributed by atoms with Gasteiger partial charge in [0.15, 0.2) is 11.6 Å². The van der Waals surface area contributed by atoms with Crippen LogP contribution < -0.4 is 5.48 Å². The summed E-state index contributed by atoms with van der Waals surface area (Å²) in [6, 6.07) is 3.82. The Kier molecular flexibility index (Phi) is 4.07. The van der Waals surface area contributed by atoms with E-state index in [0.717, 1.165) is 18.9 Å². The van der Waals surface area contributed by atoms with Crippen LogP contribution in [-0.2, 0) is 4.84 Å². The smallest absolute Gasteiger partial charge is 0.163 e. The van der Waals surface area contributed by atoms with Crippen molar-refractivity contribution in [2.75, 3.05) is 0 Å². The summed E-state index contributed by atoms with van der Waals surface area (Å²) in [5, 5.41) is 0. The fourth-order valence-electron chi connectivity index (χ4n) is 2.12. The molecule has 0 aliphatic heterocycles. The SMILES string of the molecule is CC(NOC1CCCC1)c1cccc(F)c1F. The van der Waals surface area contributed by atoms with Crippen molar-refractivity contribution in [2.24, 2.45) is 0 Å². The Morgan fingerprint density at radius 1 is 1.29 bits per heavy atom. The number of hydroxylamine groups is 1. The molecule has 94 valence electrons. The third kappa shape index (κ3) is 3.01. The largest absolute Gasteiger partial charge is 0.298 e. The van der Waals surface area contributed by atoms with Gasteiger partial charge in [0, 0.05) is 5.56 Å². The standard InChI is InChI=1S/C13H17F2NO/c1-9(16-17-10-5-2-3-6-10)11-7-4-8-12(14)13(11)15/h4,7-10,16H,2-3,5-6H2,1H3. The first-order valence-electron chi connectivity index (χ1n) is 6.03. The Bertz CT molecular complexity index is 378. The van der Waals surface area contributed by atoms with Crippen LogP contribution in [0.3, 0.4) is 0 Å². The summed E-state index contributed by atoms with van der Waals surface area (Å²) >= 11 is 0. The average molecular weight is 241 g/mol. The summed E-state index contributed by atoms with van der Waals surface area (Å²) in [5.41, 5.74) is 3.10. The van der Waals surface area contributed by atoms with E-state index in [1.54, 1.807) is 13.0 Å². The molecular weight excluding hydrogens is 224 g/mol. The topological polar surface area (TPSA) is 21.3 Å². The van der Waals surface area contributed by atoms with E-state index in [0.29, 0.717) is 5.56 Å². The summed E-state index contributed by atoms with van der Waals surface area (Å²) in [4.78, 5) is 5.47. The molecule has 1 aromatic carbocycles. The monoisotopic (exact) mass is 241 g/mol. The number of benzene rings is 1. The third-order valence-electron chi connectivity index (χ3n) is 3.16. The fourth-order valence-corrected chi connectivity index (χ4v) is 2.12. The van der Waals surface area contributed by atoms with Crippen molar-refractivity contribution in [3.63, 3.8) is 0 Å². The molecule has 1 aliphatic carbocycles. The molecule has 0 saturated heterocycles. The van der Waals surface area contributed by atoms with E-state index >= 15 is 0 Å². The Morgan fingerprint density at radius 3 is 2.71 bits per heavy atom.